The van der Waals surface area contributed by atoms with Gasteiger partial charge < -0.3 is 5.32 Å². The Bertz CT molecular complexity index is 499. The Morgan fingerprint density at radius 3 is 2.95 bits per heavy atom. The molecular weight excluding hydrogens is 289 g/mol. The largest absolute Gasteiger partial charge is 0.313 e. The molecule has 1 atom stereocenters. The third kappa shape index (κ3) is 5.27. The predicted octanol–water partition coefficient (Wildman–Crippen LogP) is 4.59. The summed E-state index contributed by atoms with van der Waals surface area (Å²) in [5, 5.41) is 7.85. The number of thioether (sulfide) groups is 1. The molecule has 2 aromatic rings. The van der Waals surface area contributed by atoms with Crippen LogP contribution < -0.4 is 5.32 Å². The van der Waals surface area contributed by atoms with Crippen molar-refractivity contribution in [1.29, 1.82) is 0 Å². The van der Waals surface area contributed by atoms with Gasteiger partial charge in [0.05, 0.1) is 0 Å². The van der Waals surface area contributed by atoms with Crippen LogP contribution in [-0.2, 0) is 6.42 Å². The molecule has 108 valence electrons. The predicted molar refractivity (Wildman–Crippen MR) is 87.2 cm³/mol. The maximum absolute atomic E-state index is 13.1. The van der Waals surface area contributed by atoms with E-state index in [4.69, 9.17) is 0 Å². The van der Waals surface area contributed by atoms with E-state index in [0.29, 0.717) is 6.04 Å². The van der Waals surface area contributed by atoms with E-state index in [0.717, 1.165) is 30.0 Å². The van der Waals surface area contributed by atoms with Crippen LogP contribution >= 0.6 is 23.1 Å². The van der Waals surface area contributed by atoms with E-state index in [1.165, 1.54) is 11.6 Å². The van der Waals surface area contributed by atoms with Crippen molar-refractivity contribution in [2.45, 2.75) is 30.7 Å². The van der Waals surface area contributed by atoms with Gasteiger partial charge in [-0.05, 0) is 60.0 Å². The van der Waals surface area contributed by atoms with Gasteiger partial charge in [0.15, 0.2) is 0 Å². The number of hydrogen-bond acceptors (Lipinski definition) is 3. The molecule has 0 saturated carbocycles. The lowest BCUT2D eigenvalue weighted by Gasteiger charge is -2.17. The molecule has 1 aromatic heterocycles. The normalized spacial score (nSPS) is 12.5. The number of thiophene rings is 1. The SMILES string of the molecule is CCNC(CCc1ccsc1)CSc1cccc(F)c1. The van der Waals surface area contributed by atoms with Gasteiger partial charge in [-0.15, -0.1) is 11.8 Å². The Morgan fingerprint density at radius 1 is 1.35 bits per heavy atom. The summed E-state index contributed by atoms with van der Waals surface area (Å²) in [6.45, 7) is 3.10. The van der Waals surface area contributed by atoms with Crippen molar-refractivity contribution in [2.24, 2.45) is 0 Å². The molecular formula is C16H20FNS2. The van der Waals surface area contributed by atoms with Crippen molar-refractivity contribution in [1.82, 2.24) is 5.32 Å². The minimum absolute atomic E-state index is 0.159. The molecule has 0 fully saturated rings. The molecule has 0 radical (unpaired) electrons. The Kier molecular flexibility index (Phi) is 6.57. The van der Waals surface area contributed by atoms with Gasteiger partial charge in [0.1, 0.15) is 5.82 Å². The molecule has 4 heteroatoms. The van der Waals surface area contributed by atoms with Gasteiger partial charge in [0, 0.05) is 16.7 Å². The summed E-state index contributed by atoms with van der Waals surface area (Å²) in [6, 6.07) is 9.48. The first kappa shape index (κ1) is 15.5. The van der Waals surface area contributed by atoms with Crippen molar-refractivity contribution in [3.8, 4) is 0 Å². The molecule has 0 aliphatic carbocycles. The molecule has 0 saturated heterocycles. The molecule has 1 N–H and O–H groups in total. The number of hydrogen-bond donors (Lipinski definition) is 1. The van der Waals surface area contributed by atoms with Crippen molar-refractivity contribution in [3.63, 3.8) is 0 Å². The van der Waals surface area contributed by atoms with Gasteiger partial charge in [0.2, 0.25) is 0 Å². The molecule has 1 aromatic carbocycles. The first-order chi connectivity index (χ1) is 9.78. The molecule has 1 unspecified atom stereocenters. The second-order valence-corrected chi connectivity index (χ2v) is 6.57. The molecule has 0 aliphatic rings. The molecule has 2 rings (SSSR count). The molecule has 1 heterocycles. The highest BCUT2D eigenvalue weighted by molar-refractivity contribution is 7.99. The second-order valence-electron chi connectivity index (χ2n) is 4.69. The van der Waals surface area contributed by atoms with E-state index in [1.54, 1.807) is 35.2 Å². The smallest absolute Gasteiger partial charge is 0.124 e. The van der Waals surface area contributed by atoms with Crippen LogP contribution in [0.4, 0.5) is 4.39 Å². The third-order valence-corrected chi connectivity index (χ3v) is 4.99. The van der Waals surface area contributed by atoms with Crippen molar-refractivity contribution in [2.75, 3.05) is 12.3 Å². The summed E-state index contributed by atoms with van der Waals surface area (Å²) >= 11 is 3.47. The number of benzene rings is 1. The summed E-state index contributed by atoms with van der Waals surface area (Å²) in [4.78, 5) is 1.00. The van der Waals surface area contributed by atoms with Crippen molar-refractivity contribution in [3.05, 3.63) is 52.5 Å². The quantitative estimate of drug-likeness (QED) is 0.716. The lowest BCUT2D eigenvalue weighted by molar-refractivity contribution is 0.538. The highest BCUT2D eigenvalue weighted by Gasteiger charge is 2.09. The number of rotatable bonds is 8. The maximum Gasteiger partial charge on any atom is 0.124 e. The number of halogens is 1. The molecule has 20 heavy (non-hydrogen) atoms. The first-order valence-corrected chi connectivity index (χ1v) is 8.83. The van der Waals surface area contributed by atoms with Gasteiger partial charge in [0.25, 0.3) is 0 Å². The van der Waals surface area contributed by atoms with Crippen LogP contribution in [0.15, 0.2) is 46.0 Å². The van der Waals surface area contributed by atoms with Crippen LogP contribution in [0.5, 0.6) is 0 Å². The first-order valence-electron chi connectivity index (χ1n) is 6.90. The van der Waals surface area contributed by atoms with Crippen LogP contribution in [0, 0.1) is 5.82 Å². The van der Waals surface area contributed by atoms with E-state index in [-0.39, 0.29) is 5.82 Å². The third-order valence-electron chi connectivity index (χ3n) is 3.10. The van der Waals surface area contributed by atoms with E-state index in [9.17, 15) is 4.39 Å². The second kappa shape index (κ2) is 8.45. The monoisotopic (exact) mass is 309 g/mol. The van der Waals surface area contributed by atoms with Crippen LogP contribution in [-0.4, -0.2) is 18.3 Å². The lowest BCUT2D eigenvalue weighted by Crippen LogP contribution is -2.31. The topological polar surface area (TPSA) is 12.0 Å². The van der Waals surface area contributed by atoms with Crippen molar-refractivity contribution >= 4 is 23.1 Å². The Labute approximate surface area is 128 Å². The van der Waals surface area contributed by atoms with Crippen LogP contribution in [0.3, 0.4) is 0 Å². The fourth-order valence-electron chi connectivity index (χ4n) is 2.06. The minimum Gasteiger partial charge on any atom is -0.313 e. The fourth-order valence-corrected chi connectivity index (χ4v) is 3.81. The lowest BCUT2D eigenvalue weighted by atomic mass is 10.1. The average Bonchev–Trinajstić information content (AvgIpc) is 2.95. The Balaban J connectivity index is 1.82. The summed E-state index contributed by atoms with van der Waals surface area (Å²) in [5.41, 5.74) is 1.41. The fraction of sp³-hybridized carbons (Fsp3) is 0.375. The summed E-state index contributed by atoms with van der Waals surface area (Å²) in [7, 11) is 0. The average molecular weight is 309 g/mol. The van der Waals surface area contributed by atoms with Crippen LogP contribution in [0.2, 0.25) is 0 Å². The standard InChI is InChI=1S/C16H20FNS2/c1-2-18-15(7-6-13-8-9-19-11-13)12-20-16-5-3-4-14(17)10-16/h3-5,8-11,15,18H,2,6-7,12H2,1H3. The van der Waals surface area contributed by atoms with Gasteiger partial charge >= 0.3 is 0 Å². The molecule has 0 amide bonds. The number of nitrogens with one attached hydrogen (secondary N) is 1. The molecule has 1 nitrogen and oxygen atoms in total. The molecule has 0 spiro atoms. The zero-order valence-corrected chi connectivity index (χ0v) is 13.3. The van der Waals surface area contributed by atoms with E-state index >= 15 is 0 Å². The number of aryl methyl sites for hydroxylation is 1. The Morgan fingerprint density at radius 2 is 2.25 bits per heavy atom. The van der Waals surface area contributed by atoms with E-state index in [2.05, 4.69) is 29.1 Å². The van der Waals surface area contributed by atoms with Gasteiger partial charge in [-0.25, -0.2) is 4.39 Å². The maximum atomic E-state index is 13.1. The summed E-state index contributed by atoms with van der Waals surface area (Å²) < 4.78 is 13.1. The van der Waals surface area contributed by atoms with Gasteiger partial charge in [-0.3, -0.25) is 0 Å². The highest BCUT2D eigenvalue weighted by Crippen LogP contribution is 2.21. The van der Waals surface area contributed by atoms with Crippen LogP contribution in [0.1, 0.15) is 18.9 Å². The van der Waals surface area contributed by atoms with Crippen LogP contribution in [0.25, 0.3) is 0 Å². The minimum atomic E-state index is -0.159. The molecule has 0 aliphatic heterocycles. The Hall–Kier alpha value is -0.840. The van der Waals surface area contributed by atoms with Gasteiger partial charge in [-0.2, -0.15) is 11.3 Å². The summed E-state index contributed by atoms with van der Waals surface area (Å²) in [6.07, 6.45) is 2.22. The van der Waals surface area contributed by atoms with Gasteiger partial charge in [-0.1, -0.05) is 13.0 Å². The summed E-state index contributed by atoms with van der Waals surface area (Å²) in [5.74, 6) is 0.815. The highest BCUT2D eigenvalue weighted by atomic mass is 32.2. The molecule has 0 bridgehead atoms. The zero-order valence-electron chi connectivity index (χ0n) is 11.6. The van der Waals surface area contributed by atoms with E-state index in [1.807, 2.05) is 6.07 Å². The zero-order chi connectivity index (χ0) is 14.2. The van der Waals surface area contributed by atoms with Crippen molar-refractivity contribution < 1.29 is 4.39 Å². The van der Waals surface area contributed by atoms with E-state index < -0.39 is 0 Å².